The molecule has 0 radical (unpaired) electrons. The Hall–Kier alpha value is -6.94. The van der Waals surface area contributed by atoms with Gasteiger partial charge < -0.3 is 59.7 Å². The van der Waals surface area contributed by atoms with Crippen molar-refractivity contribution in [2.45, 2.75) is 96.9 Å². The quantitative estimate of drug-likeness (QED) is 0.0329. The van der Waals surface area contributed by atoms with Crippen molar-refractivity contribution >= 4 is 56.9 Å². The van der Waals surface area contributed by atoms with Crippen molar-refractivity contribution in [3.63, 3.8) is 0 Å². The molecule has 14 heteroatoms. The summed E-state index contributed by atoms with van der Waals surface area (Å²) in [6, 6.07) is 39.0. The van der Waals surface area contributed by atoms with Crippen LogP contribution in [0.25, 0.3) is 21.9 Å². The third-order valence-electron chi connectivity index (χ3n) is 11.2. The molecule has 2 heterocycles. The molecule has 1 N–H and O–H groups in total. The number of methoxy groups -OCH3 is 4. The second-order valence-corrected chi connectivity index (χ2v) is 19.0. The van der Waals surface area contributed by atoms with Gasteiger partial charge in [-0.05, 0) is 127 Å². The second kappa shape index (κ2) is 28.3. The van der Waals surface area contributed by atoms with Crippen molar-refractivity contribution < 1.29 is 69.3 Å². The minimum absolute atomic E-state index is 0. The first-order valence-corrected chi connectivity index (χ1v) is 24.2. The minimum Gasteiger partial charge on any atom is -1.00 e. The van der Waals surface area contributed by atoms with E-state index in [1.165, 1.54) is 0 Å². The molecule has 392 valence electrons. The zero-order valence-corrected chi connectivity index (χ0v) is 47.8. The zero-order chi connectivity index (χ0) is 53.5. The van der Waals surface area contributed by atoms with Crippen LogP contribution in [0.3, 0.4) is 0 Å². The molecule has 1 aliphatic rings. The van der Waals surface area contributed by atoms with Gasteiger partial charge in [0, 0.05) is 65.8 Å². The van der Waals surface area contributed by atoms with E-state index in [0.717, 1.165) is 16.9 Å². The predicted octanol–water partition coefficient (Wildman–Crippen LogP) is 8.89. The van der Waals surface area contributed by atoms with Crippen LogP contribution in [0.4, 0.5) is 0 Å². The molecule has 0 spiro atoms. The number of halogens is 1. The number of aliphatic hydroxyl groups is 1. The van der Waals surface area contributed by atoms with Gasteiger partial charge in [-0.15, -0.1) is 12.1 Å². The predicted molar refractivity (Wildman–Crippen MR) is 292 cm³/mol. The van der Waals surface area contributed by atoms with Gasteiger partial charge in [-0.3, -0.25) is 14.4 Å². The summed E-state index contributed by atoms with van der Waals surface area (Å²) in [6.45, 7) is 11.1. The Morgan fingerprint density at radius 2 is 1.01 bits per heavy atom. The molecule has 0 saturated heterocycles. The van der Waals surface area contributed by atoms with Crippen LogP contribution in [0.2, 0.25) is 0 Å². The Morgan fingerprint density at radius 3 is 1.54 bits per heavy atom. The van der Waals surface area contributed by atoms with E-state index in [1.54, 1.807) is 77.0 Å². The van der Waals surface area contributed by atoms with Crippen molar-refractivity contribution in [1.82, 2.24) is 0 Å². The van der Waals surface area contributed by atoms with E-state index in [4.69, 9.17) is 37.6 Å². The summed E-state index contributed by atoms with van der Waals surface area (Å²) in [5, 5.41) is 13.2. The molecular weight excluding hydrogens is 1040 g/mol. The first-order chi connectivity index (χ1) is 35.3. The number of esters is 2. The maximum absolute atomic E-state index is 12.7. The molecule has 76 heavy (non-hydrogen) atoms. The molecule has 8 rings (SSSR count). The van der Waals surface area contributed by atoms with E-state index in [9.17, 15) is 19.5 Å². The molecular formula is C62H63BrMgO12. The van der Waals surface area contributed by atoms with Crippen LogP contribution in [0.15, 0.2) is 131 Å². The van der Waals surface area contributed by atoms with Crippen molar-refractivity contribution in [1.29, 1.82) is 0 Å². The van der Waals surface area contributed by atoms with E-state index >= 15 is 0 Å². The van der Waals surface area contributed by atoms with Gasteiger partial charge in [-0.2, -0.15) is 18.2 Å². The molecule has 1 aliphatic heterocycles. The Balaban J connectivity index is 0.000000285. The monoisotopic (exact) mass is 1100 g/mol. The fourth-order valence-corrected chi connectivity index (χ4v) is 7.70. The van der Waals surface area contributed by atoms with Gasteiger partial charge in [0.05, 0.1) is 39.2 Å². The summed E-state index contributed by atoms with van der Waals surface area (Å²) < 4.78 is 43.5. The Labute approximate surface area is 472 Å². The fraction of sp³-hybridized carbons (Fsp3) is 0.306. The number of benzene rings is 6. The number of carbonyl (C=O) groups is 2. The van der Waals surface area contributed by atoms with Crippen LogP contribution in [0, 0.1) is 29.7 Å². The molecule has 1 aromatic heterocycles. The van der Waals surface area contributed by atoms with Gasteiger partial charge >= 0.3 is 35.0 Å². The standard InChI is InChI=1S/C31H32O6.C24H24O5.C7H7O.BrH.Mg/c1-30(2,3)37-29(32)10-8-6-7-9-21-11-17-25-27(19-21)36-28-20-24(35-5)16-18-26(28)31(25,33)22-12-14-23(34-4)15-13-22;1-24(2,3)29-22(25)9-7-5-6-8-16-10-12-18-20(14-16)28-21-15-17(27-4)11-13-19(21)23(18)26;1-8-7-5-3-2-4-6-7;;/h11-20,33H,6,8,10H2,1-5H3;10-15H,5,7,9H2,1-4H3;3-6H,1H3;1H;/q;;-1;;+2/p-1. The van der Waals surface area contributed by atoms with E-state index < -0.39 is 16.8 Å². The molecule has 0 saturated carbocycles. The third kappa shape index (κ3) is 17.0. The van der Waals surface area contributed by atoms with Crippen molar-refractivity contribution in [2.24, 2.45) is 0 Å². The summed E-state index contributed by atoms with van der Waals surface area (Å²) in [5.41, 5.74) is 1.90. The third-order valence-corrected chi connectivity index (χ3v) is 11.2. The maximum Gasteiger partial charge on any atom is 2.00 e. The molecule has 0 bridgehead atoms. The zero-order valence-electron chi connectivity index (χ0n) is 44.8. The van der Waals surface area contributed by atoms with Crippen molar-refractivity contribution in [2.75, 3.05) is 28.4 Å². The van der Waals surface area contributed by atoms with Gasteiger partial charge in [0.25, 0.3) is 0 Å². The summed E-state index contributed by atoms with van der Waals surface area (Å²) in [7, 11) is 6.41. The van der Waals surface area contributed by atoms with Gasteiger partial charge in [-0.25, -0.2) is 0 Å². The van der Waals surface area contributed by atoms with Crippen LogP contribution in [-0.4, -0.2) is 79.7 Å². The van der Waals surface area contributed by atoms with Gasteiger partial charge in [-0.1, -0.05) is 41.9 Å². The van der Waals surface area contributed by atoms with Gasteiger partial charge in [0.2, 0.25) is 5.43 Å². The number of hydrogen-bond acceptors (Lipinski definition) is 12. The van der Waals surface area contributed by atoms with Crippen LogP contribution in [0.5, 0.6) is 34.5 Å². The van der Waals surface area contributed by atoms with E-state index in [2.05, 4.69) is 29.7 Å². The summed E-state index contributed by atoms with van der Waals surface area (Å²) >= 11 is 0. The molecule has 1 atom stereocenters. The summed E-state index contributed by atoms with van der Waals surface area (Å²) in [4.78, 5) is 36.3. The van der Waals surface area contributed by atoms with E-state index in [1.807, 2.05) is 114 Å². The van der Waals surface area contributed by atoms with Crippen LogP contribution in [0.1, 0.15) is 108 Å². The average Bonchev–Trinajstić information content (AvgIpc) is 3.38. The maximum atomic E-state index is 12.7. The number of rotatable bonds is 11. The average molecular weight is 1100 g/mol. The van der Waals surface area contributed by atoms with Crippen molar-refractivity contribution in [3.8, 4) is 58.2 Å². The first kappa shape index (κ1) is 61.6. The summed E-state index contributed by atoms with van der Waals surface area (Å²) in [6.07, 6.45) is 3.06. The number of unbranched alkanes of at least 4 members (excludes halogenated alkanes) is 2. The minimum atomic E-state index is -1.44. The van der Waals surface area contributed by atoms with E-state index in [0.29, 0.717) is 106 Å². The van der Waals surface area contributed by atoms with Crippen LogP contribution < -0.4 is 46.1 Å². The second-order valence-electron chi connectivity index (χ2n) is 19.0. The number of fused-ring (bicyclic) bond motifs is 4. The number of ether oxygens (including phenoxy) is 7. The fourth-order valence-electron chi connectivity index (χ4n) is 7.70. The Kier molecular flexibility index (Phi) is 22.9. The van der Waals surface area contributed by atoms with Crippen LogP contribution >= 0.6 is 0 Å². The van der Waals surface area contributed by atoms with Gasteiger partial charge in [0.15, 0.2) is 0 Å². The largest absolute Gasteiger partial charge is 2.00 e. The number of hydrogen-bond donors (Lipinski definition) is 1. The Morgan fingerprint density at radius 1 is 0.579 bits per heavy atom. The molecule has 0 amide bonds. The Bertz CT molecular complexity index is 3260. The van der Waals surface area contributed by atoms with Crippen molar-refractivity contribution in [3.05, 3.63) is 165 Å². The molecule has 1 unspecified atom stereocenters. The molecule has 6 aromatic carbocycles. The molecule has 0 aliphatic carbocycles. The van der Waals surface area contributed by atoms with Crippen LogP contribution in [-0.2, 0) is 24.7 Å². The topological polar surface area (TPSA) is 149 Å². The summed E-state index contributed by atoms with van der Waals surface area (Å²) in [5.74, 6) is 15.8. The smallest absolute Gasteiger partial charge is 1.00 e. The SMILES string of the molecule is COc1cc[c-]cc1.COc1ccc(C2(O)c3ccc(C#CCCCC(=O)OC(C)(C)C)cc3Oc3cc(OC)ccc32)cc1.COc1ccc2c(=O)c3ccc(C#CCCCC(=O)OC(C)(C)C)cc3oc2c1.[Br-].[Mg+2]. The van der Waals surface area contributed by atoms with Gasteiger partial charge in [0.1, 0.15) is 56.7 Å². The van der Waals surface area contributed by atoms with E-state index in [-0.39, 0.29) is 57.4 Å². The first-order valence-electron chi connectivity index (χ1n) is 24.2. The molecule has 0 fully saturated rings. The normalized spacial score (nSPS) is 12.9. The molecule has 12 nitrogen and oxygen atoms in total. The number of carbonyl (C=O) groups excluding carboxylic acids is 2. The molecule has 7 aromatic rings.